The van der Waals surface area contributed by atoms with Crippen molar-refractivity contribution in [2.45, 2.75) is 13.3 Å². The first kappa shape index (κ1) is 16.1. The molecule has 1 aliphatic heterocycles. The van der Waals surface area contributed by atoms with Crippen molar-refractivity contribution in [2.24, 2.45) is 0 Å². The molecule has 0 N–H and O–H groups in total. The molecule has 2 aromatic carbocycles. The van der Waals surface area contributed by atoms with Gasteiger partial charge in [-0.3, -0.25) is 4.79 Å². The molecule has 0 fully saturated rings. The number of pyridine rings is 1. The topological polar surface area (TPSA) is 57.7 Å². The van der Waals surface area contributed by atoms with Crippen LogP contribution in [0.25, 0.3) is 23.1 Å². The smallest absolute Gasteiger partial charge is 0.310 e. The summed E-state index contributed by atoms with van der Waals surface area (Å²) in [7, 11) is 0. The Hall–Kier alpha value is -3.34. The number of carbonyl (C=O) groups is 1. The minimum Gasteiger partial charge on any atom is -0.454 e. The van der Waals surface area contributed by atoms with Crippen molar-refractivity contribution in [3.8, 4) is 17.2 Å². The summed E-state index contributed by atoms with van der Waals surface area (Å²) in [5, 5.41) is 0.923. The molecule has 2 heterocycles. The van der Waals surface area contributed by atoms with Crippen LogP contribution >= 0.6 is 0 Å². The molecule has 1 aliphatic rings. The fourth-order valence-corrected chi connectivity index (χ4v) is 2.70. The average molecular weight is 347 g/mol. The van der Waals surface area contributed by atoms with E-state index in [-0.39, 0.29) is 12.8 Å². The van der Waals surface area contributed by atoms with E-state index in [1.54, 1.807) is 13.0 Å². The highest BCUT2D eigenvalue weighted by atomic mass is 16.7. The Morgan fingerprint density at radius 1 is 1.12 bits per heavy atom. The molecule has 5 nitrogen and oxygen atoms in total. The van der Waals surface area contributed by atoms with Gasteiger partial charge in [0, 0.05) is 11.8 Å². The van der Waals surface area contributed by atoms with E-state index in [1.165, 1.54) is 0 Å². The lowest BCUT2D eigenvalue weighted by molar-refractivity contribution is -0.133. The van der Waals surface area contributed by atoms with Crippen LogP contribution in [-0.2, 0) is 4.79 Å². The van der Waals surface area contributed by atoms with Crippen LogP contribution in [0, 0.1) is 0 Å². The van der Waals surface area contributed by atoms with E-state index < -0.39 is 0 Å². The molecule has 0 amide bonds. The molecule has 26 heavy (non-hydrogen) atoms. The molecule has 4 rings (SSSR count). The van der Waals surface area contributed by atoms with Crippen LogP contribution in [-0.4, -0.2) is 17.7 Å². The molecule has 5 heteroatoms. The van der Waals surface area contributed by atoms with Gasteiger partial charge in [-0.2, -0.15) is 0 Å². The van der Waals surface area contributed by atoms with Crippen LogP contribution in [0.2, 0.25) is 0 Å². The second-order valence-corrected chi connectivity index (χ2v) is 5.84. The summed E-state index contributed by atoms with van der Waals surface area (Å²) >= 11 is 0. The van der Waals surface area contributed by atoms with E-state index in [0.717, 1.165) is 28.1 Å². The second-order valence-electron chi connectivity index (χ2n) is 5.84. The molecule has 0 atom stereocenters. The Labute approximate surface area is 150 Å². The lowest BCUT2D eigenvalue weighted by Gasteiger charge is -2.07. The maximum Gasteiger partial charge on any atom is 0.310 e. The number of esters is 1. The number of rotatable bonds is 4. The predicted octanol–water partition coefficient (Wildman–Crippen LogP) is 4.45. The van der Waals surface area contributed by atoms with Crippen LogP contribution < -0.4 is 14.2 Å². The number of nitrogens with zero attached hydrogens (tertiary/aromatic N) is 1. The van der Waals surface area contributed by atoms with E-state index in [9.17, 15) is 4.79 Å². The van der Waals surface area contributed by atoms with Crippen LogP contribution in [0.15, 0.2) is 48.5 Å². The van der Waals surface area contributed by atoms with Gasteiger partial charge in [-0.25, -0.2) is 4.98 Å². The van der Waals surface area contributed by atoms with Gasteiger partial charge in [-0.05, 0) is 35.9 Å². The quantitative estimate of drug-likeness (QED) is 0.515. The number of ether oxygens (including phenoxy) is 3. The molecule has 1 aromatic heterocycles. The SMILES string of the molecule is CCC(=O)Oc1cccc2ccc(/C=C/c3ccc4c(c3)OCO4)nc12. The molecule has 0 saturated heterocycles. The average Bonchev–Trinajstić information content (AvgIpc) is 3.14. The van der Waals surface area contributed by atoms with Gasteiger partial charge in [-0.1, -0.05) is 37.3 Å². The minimum atomic E-state index is -0.277. The van der Waals surface area contributed by atoms with Crippen LogP contribution in [0.1, 0.15) is 24.6 Å². The van der Waals surface area contributed by atoms with Gasteiger partial charge in [0.2, 0.25) is 6.79 Å². The van der Waals surface area contributed by atoms with E-state index in [4.69, 9.17) is 14.2 Å². The largest absolute Gasteiger partial charge is 0.454 e. The number of benzene rings is 2. The molecule has 0 bridgehead atoms. The highest BCUT2D eigenvalue weighted by Crippen LogP contribution is 2.33. The van der Waals surface area contributed by atoms with E-state index in [0.29, 0.717) is 17.7 Å². The van der Waals surface area contributed by atoms with Crippen molar-refractivity contribution >= 4 is 29.0 Å². The van der Waals surface area contributed by atoms with Gasteiger partial charge in [0.15, 0.2) is 17.2 Å². The lowest BCUT2D eigenvalue weighted by atomic mass is 10.1. The van der Waals surface area contributed by atoms with Crippen LogP contribution in [0.4, 0.5) is 0 Å². The number of carbonyl (C=O) groups excluding carboxylic acids is 1. The molecule has 0 saturated carbocycles. The van der Waals surface area contributed by atoms with Crippen LogP contribution in [0.3, 0.4) is 0 Å². The second kappa shape index (κ2) is 6.88. The number of aromatic nitrogens is 1. The Balaban J connectivity index is 1.64. The fraction of sp³-hybridized carbons (Fsp3) is 0.143. The summed E-state index contributed by atoms with van der Waals surface area (Å²) in [6, 6.07) is 15.2. The summed E-state index contributed by atoms with van der Waals surface area (Å²) in [5.41, 5.74) is 2.43. The molecular weight excluding hydrogens is 330 g/mol. The summed E-state index contributed by atoms with van der Waals surface area (Å²) in [4.78, 5) is 16.3. The third-order valence-electron chi connectivity index (χ3n) is 4.06. The third-order valence-corrected chi connectivity index (χ3v) is 4.06. The number of hydrogen-bond donors (Lipinski definition) is 0. The van der Waals surface area contributed by atoms with Crippen molar-refractivity contribution in [3.63, 3.8) is 0 Å². The van der Waals surface area contributed by atoms with Crippen molar-refractivity contribution in [2.75, 3.05) is 6.79 Å². The zero-order valence-corrected chi connectivity index (χ0v) is 14.3. The van der Waals surface area contributed by atoms with Gasteiger partial charge in [0.1, 0.15) is 5.52 Å². The van der Waals surface area contributed by atoms with Crippen molar-refractivity contribution in [1.82, 2.24) is 4.98 Å². The van der Waals surface area contributed by atoms with Gasteiger partial charge >= 0.3 is 5.97 Å². The first-order valence-electron chi connectivity index (χ1n) is 8.41. The Morgan fingerprint density at radius 2 is 2.00 bits per heavy atom. The summed E-state index contributed by atoms with van der Waals surface area (Å²) in [6.07, 6.45) is 4.19. The first-order chi connectivity index (χ1) is 12.7. The number of hydrogen-bond acceptors (Lipinski definition) is 5. The van der Waals surface area contributed by atoms with Crippen molar-refractivity contribution in [1.29, 1.82) is 0 Å². The van der Waals surface area contributed by atoms with Crippen molar-refractivity contribution in [3.05, 3.63) is 59.8 Å². The molecule has 130 valence electrons. The fourth-order valence-electron chi connectivity index (χ4n) is 2.70. The molecule has 3 aromatic rings. The van der Waals surface area contributed by atoms with Gasteiger partial charge in [0.05, 0.1) is 5.69 Å². The standard InChI is InChI=1S/C21H17NO4/c1-2-20(23)26-18-5-3-4-15-8-10-16(22-21(15)18)9-6-14-7-11-17-19(12-14)25-13-24-17/h3-12H,2,13H2,1H3/b9-6+. The molecule has 0 aliphatic carbocycles. The van der Waals surface area contributed by atoms with Gasteiger partial charge < -0.3 is 14.2 Å². The van der Waals surface area contributed by atoms with Gasteiger partial charge in [0.25, 0.3) is 0 Å². The highest BCUT2D eigenvalue weighted by molar-refractivity contribution is 5.88. The molecule has 0 unspecified atom stereocenters. The Kier molecular flexibility index (Phi) is 4.27. The van der Waals surface area contributed by atoms with Crippen LogP contribution in [0.5, 0.6) is 17.2 Å². The highest BCUT2D eigenvalue weighted by Gasteiger charge is 2.12. The number of fused-ring (bicyclic) bond motifs is 2. The zero-order valence-electron chi connectivity index (χ0n) is 14.3. The Morgan fingerprint density at radius 3 is 2.88 bits per heavy atom. The first-order valence-corrected chi connectivity index (χ1v) is 8.41. The van der Waals surface area contributed by atoms with Crippen molar-refractivity contribution < 1.29 is 19.0 Å². The predicted molar refractivity (Wildman–Crippen MR) is 99.2 cm³/mol. The molecule has 0 radical (unpaired) electrons. The normalized spacial score (nSPS) is 12.7. The third kappa shape index (κ3) is 3.24. The van der Waals surface area contributed by atoms with E-state index in [2.05, 4.69) is 4.98 Å². The van der Waals surface area contributed by atoms with E-state index >= 15 is 0 Å². The number of para-hydroxylation sites is 1. The van der Waals surface area contributed by atoms with Gasteiger partial charge in [-0.15, -0.1) is 0 Å². The minimum absolute atomic E-state index is 0.258. The van der Waals surface area contributed by atoms with E-state index in [1.807, 2.05) is 54.6 Å². The zero-order chi connectivity index (χ0) is 17.9. The molecular formula is C21H17NO4. The maximum atomic E-state index is 11.6. The maximum absolute atomic E-state index is 11.6. The monoisotopic (exact) mass is 347 g/mol. The summed E-state index contributed by atoms with van der Waals surface area (Å²) in [6.45, 7) is 2.02. The lowest BCUT2D eigenvalue weighted by Crippen LogP contribution is -2.06. The Bertz CT molecular complexity index is 1010. The molecule has 0 spiro atoms. The summed E-state index contributed by atoms with van der Waals surface area (Å²) < 4.78 is 16.1. The summed E-state index contributed by atoms with van der Waals surface area (Å²) in [5.74, 6) is 1.70.